The molecule has 1 aliphatic rings. The van der Waals surface area contributed by atoms with Crippen LogP contribution in [-0.2, 0) is 10.3 Å². The van der Waals surface area contributed by atoms with Gasteiger partial charge in [0, 0.05) is 13.2 Å². The average Bonchev–Trinajstić information content (AvgIpc) is 2.98. The lowest BCUT2D eigenvalue weighted by atomic mass is 9.91. The van der Waals surface area contributed by atoms with Gasteiger partial charge in [0.2, 0.25) is 11.7 Å². The molecule has 3 rings (SSSR count). The van der Waals surface area contributed by atoms with Gasteiger partial charge in [0.1, 0.15) is 11.3 Å². The summed E-state index contributed by atoms with van der Waals surface area (Å²) < 4.78 is 16.1. The minimum Gasteiger partial charge on any atom is -0.496 e. The van der Waals surface area contributed by atoms with Gasteiger partial charge in [0.05, 0.1) is 12.7 Å². The summed E-state index contributed by atoms with van der Waals surface area (Å²) in [5.74, 6) is 1.68. The van der Waals surface area contributed by atoms with Crippen LogP contribution in [0.25, 0.3) is 11.4 Å². The molecule has 0 radical (unpaired) electrons. The van der Waals surface area contributed by atoms with E-state index in [1.54, 1.807) is 7.11 Å². The van der Waals surface area contributed by atoms with Crippen molar-refractivity contribution in [2.45, 2.75) is 25.3 Å². The SMILES string of the molecule is COc1cc(C)ccc1-c1noc(C2(N)CCOCC2)n1. The first-order chi connectivity index (χ1) is 10.1. The van der Waals surface area contributed by atoms with E-state index in [0.29, 0.717) is 37.8 Å². The van der Waals surface area contributed by atoms with Crippen LogP contribution >= 0.6 is 0 Å². The Morgan fingerprint density at radius 3 is 2.76 bits per heavy atom. The Bertz CT molecular complexity index is 633. The highest BCUT2D eigenvalue weighted by Crippen LogP contribution is 2.32. The predicted molar refractivity (Wildman–Crippen MR) is 76.9 cm³/mol. The first-order valence-electron chi connectivity index (χ1n) is 6.98. The zero-order chi connectivity index (χ0) is 14.9. The quantitative estimate of drug-likeness (QED) is 0.930. The summed E-state index contributed by atoms with van der Waals surface area (Å²) in [7, 11) is 1.63. The number of hydrogen-bond donors (Lipinski definition) is 1. The Morgan fingerprint density at radius 1 is 1.29 bits per heavy atom. The smallest absolute Gasteiger partial charge is 0.247 e. The van der Waals surface area contributed by atoms with E-state index in [-0.39, 0.29) is 0 Å². The molecule has 6 nitrogen and oxygen atoms in total. The van der Waals surface area contributed by atoms with E-state index in [1.165, 1.54) is 0 Å². The van der Waals surface area contributed by atoms with Crippen molar-refractivity contribution < 1.29 is 14.0 Å². The third-order valence-electron chi connectivity index (χ3n) is 3.83. The van der Waals surface area contributed by atoms with Crippen LogP contribution in [0.4, 0.5) is 0 Å². The molecule has 0 amide bonds. The molecular weight excluding hydrogens is 270 g/mol. The van der Waals surface area contributed by atoms with E-state index in [9.17, 15) is 0 Å². The zero-order valence-electron chi connectivity index (χ0n) is 12.3. The molecule has 0 aliphatic carbocycles. The first kappa shape index (κ1) is 14.0. The van der Waals surface area contributed by atoms with Crippen molar-refractivity contribution >= 4 is 0 Å². The third kappa shape index (κ3) is 2.64. The lowest BCUT2D eigenvalue weighted by Gasteiger charge is -2.29. The largest absolute Gasteiger partial charge is 0.496 e. The van der Waals surface area contributed by atoms with E-state index in [2.05, 4.69) is 10.1 Å². The van der Waals surface area contributed by atoms with Gasteiger partial charge in [0.25, 0.3) is 0 Å². The molecule has 0 unspecified atom stereocenters. The van der Waals surface area contributed by atoms with Crippen molar-refractivity contribution in [2.75, 3.05) is 20.3 Å². The normalized spacial score (nSPS) is 17.7. The topological polar surface area (TPSA) is 83.4 Å². The van der Waals surface area contributed by atoms with Gasteiger partial charge in [-0.3, -0.25) is 0 Å². The number of ether oxygens (including phenoxy) is 2. The summed E-state index contributed by atoms with van der Waals surface area (Å²) in [6, 6.07) is 5.86. The van der Waals surface area contributed by atoms with Crippen LogP contribution < -0.4 is 10.5 Å². The number of rotatable bonds is 3. The van der Waals surface area contributed by atoms with Gasteiger partial charge in [-0.1, -0.05) is 11.2 Å². The summed E-state index contributed by atoms with van der Waals surface area (Å²) in [5.41, 5.74) is 7.67. The minimum atomic E-state index is -0.596. The van der Waals surface area contributed by atoms with Crippen molar-refractivity contribution in [1.82, 2.24) is 10.1 Å². The molecule has 1 aromatic carbocycles. The number of methoxy groups -OCH3 is 1. The molecule has 2 heterocycles. The second-order valence-electron chi connectivity index (χ2n) is 5.40. The second kappa shape index (κ2) is 5.46. The molecule has 0 bridgehead atoms. The fourth-order valence-electron chi connectivity index (χ4n) is 2.47. The highest BCUT2D eigenvalue weighted by atomic mass is 16.5. The van der Waals surface area contributed by atoms with E-state index >= 15 is 0 Å². The number of hydrogen-bond acceptors (Lipinski definition) is 6. The van der Waals surface area contributed by atoms with Gasteiger partial charge in [-0.2, -0.15) is 4.98 Å². The van der Waals surface area contributed by atoms with Crippen molar-refractivity contribution in [2.24, 2.45) is 5.73 Å². The lowest BCUT2D eigenvalue weighted by molar-refractivity contribution is 0.0400. The third-order valence-corrected chi connectivity index (χ3v) is 3.83. The fourth-order valence-corrected chi connectivity index (χ4v) is 2.47. The first-order valence-corrected chi connectivity index (χ1v) is 6.98. The maximum Gasteiger partial charge on any atom is 0.247 e. The molecule has 6 heteroatoms. The highest BCUT2D eigenvalue weighted by molar-refractivity contribution is 5.64. The van der Waals surface area contributed by atoms with E-state index < -0.39 is 5.54 Å². The van der Waals surface area contributed by atoms with Crippen LogP contribution in [0.1, 0.15) is 24.3 Å². The van der Waals surface area contributed by atoms with Gasteiger partial charge in [-0.05, 0) is 37.5 Å². The van der Waals surface area contributed by atoms with Crippen LogP contribution in [0.3, 0.4) is 0 Å². The Morgan fingerprint density at radius 2 is 2.05 bits per heavy atom. The minimum absolute atomic E-state index is 0.462. The molecule has 1 aromatic heterocycles. The average molecular weight is 289 g/mol. The molecule has 0 spiro atoms. The number of nitrogens with zero attached hydrogens (tertiary/aromatic N) is 2. The van der Waals surface area contributed by atoms with Gasteiger partial charge >= 0.3 is 0 Å². The standard InChI is InChI=1S/C15H19N3O3/c1-10-3-4-11(12(9-10)19-2)13-17-14(21-18-13)15(16)5-7-20-8-6-15/h3-4,9H,5-8,16H2,1-2H3. The Hall–Kier alpha value is -1.92. The molecule has 1 aliphatic heterocycles. The number of aromatic nitrogens is 2. The number of aryl methyl sites for hydroxylation is 1. The Kier molecular flexibility index (Phi) is 3.65. The van der Waals surface area contributed by atoms with Crippen molar-refractivity contribution in [1.29, 1.82) is 0 Å². The van der Waals surface area contributed by atoms with E-state index in [4.69, 9.17) is 19.7 Å². The highest BCUT2D eigenvalue weighted by Gasteiger charge is 2.36. The van der Waals surface area contributed by atoms with Crippen molar-refractivity contribution in [3.05, 3.63) is 29.7 Å². The Balaban J connectivity index is 1.95. The van der Waals surface area contributed by atoms with Crippen molar-refractivity contribution in [3.8, 4) is 17.1 Å². The number of nitrogens with two attached hydrogens (primary N) is 1. The molecule has 2 aromatic rings. The summed E-state index contributed by atoms with van der Waals surface area (Å²) in [6.07, 6.45) is 1.36. The maximum absolute atomic E-state index is 6.36. The van der Waals surface area contributed by atoms with Gasteiger partial charge in [-0.25, -0.2) is 0 Å². The van der Waals surface area contributed by atoms with Crippen LogP contribution in [0.15, 0.2) is 22.7 Å². The number of benzene rings is 1. The summed E-state index contributed by atoms with van der Waals surface area (Å²) in [5, 5.41) is 4.06. The molecule has 0 saturated carbocycles. The maximum atomic E-state index is 6.36. The van der Waals surface area contributed by atoms with Crippen LogP contribution in [0.2, 0.25) is 0 Å². The van der Waals surface area contributed by atoms with Crippen LogP contribution in [0, 0.1) is 6.92 Å². The van der Waals surface area contributed by atoms with Gasteiger partial charge in [0.15, 0.2) is 0 Å². The van der Waals surface area contributed by atoms with Crippen LogP contribution in [-0.4, -0.2) is 30.5 Å². The molecule has 0 atom stereocenters. The second-order valence-corrected chi connectivity index (χ2v) is 5.40. The summed E-state index contributed by atoms with van der Waals surface area (Å²) >= 11 is 0. The Labute approximate surface area is 123 Å². The molecular formula is C15H19N3O3. The van der Waals surface area contributed by atoms with E-state index in [0.717, 1.165) is 16.9 Å². The molecule has 112 valence electrons. The van der Waals surface area contributed by atoms with Gasteiger partial charge in [-0.15, -0.1) is 0 Å². The zero-order valence-corrected chi connectivity index (χ0v) is 12.3. The molecule has 1 fully saturated rings. The molecule has 1 saturated heterocycles. The van der Waals surface area contributed by atoms with Crippen molar-refractivity contribution in [3.63, 3.8) is 0 Å². The lowest BCUT2D eigenvalue weighted by Crippen LogP contribution is -2.42. The predicted octanol–water partition coefficient (Wildman–Crippen LogP) is 2.02. The van der Waals surface area contributed by atoms with E-state index in [1.807, 2.05) is 25.1 Å². The van der Waals surface area contributed by atoms with Crippen LogP contribution in [0.5, 0.6) is 5.75 Å². The monoisotopic (exact) mass is 289 g/mol. The van der Waals surface area contributed by atoms with Gasteiger partial charge < -0.3 is 19.7 Å². The molecule has 21 heavy (non-hydrogen) atoms. The molecule has 2 N–H and O–H groups in total. The summed E-state index contributed by atoms with van der Waals surface area (Å²) in [6.45, 7) is 3.23. The fraction of sp³-hybridized carbons (Fsp3) is 0.467. The summed E-state index contributed by atoms with van der Waals surface area (Å²) in [4.78, 5) is 4.48.